The number of amides is 1. The first-order valence-corrected chi connectivity index (χ1v) is 6.61. The molecule has 0 spiro atoms. The summed E-state index contributed by atoms with van der Waals surface area (Å²) in [4.78, 5) is 15.9. The molecule has 2 heterocycles. The fourth-order valence-corrected chi connectivity index (χ4v) is 2.55. The summed E-state index contributed by atoms with van der Waals surface area (Å²) in [6.07, 6.45) is 3.32. The number of nitrogens with zero attached hydrogens (tertiary/aromatic N) is 1. The average molecular weight is 278 g/mol. The molecule has 0 radical (unpaired) electrons. The summed E-state index contributed by atoms with van der Waals surface area (Å²) in [6, 6.07) is 12.4. The van der Waals surface area contributed by atoms with Gasteiger partial charge in [0.05, 0.1) is 17.7 Å². The van der Waals surface area contributed by atoms with Gasteiger partial charge >= 0.3 is 0 Å². The lowest BCUT2D eigenvalue weighted by atomic mass is 9.86. The molecule has 1 saturated heterocycles. The number of aromatic nitrogens is 1. The van der Waals surface area contributed by atoms with Crippen LogP contribution < -0.4 is 5.32 Å². The Bertz CT molecular complexity index is 697. The predicted molar refractivity (Wildman–Crippen MR) is 79.6 cm³/mol. The van der Waals surface area contributed by atoms with E-state index in [2.05, 4.69) is 10.3 Å². The van der Waals surface area contributed by atoms with E-state index in [0.29, 0.717) is 0 Å². The van der Waals surface area contributed by atoms with Crippen molar-refractivity contribution < 1.29 is 4.79 Å². The van der Waals surface area contributed by atoms with Gasteiger partial charge in [-0.3, -0.25) is 15.2 Å². The monoisotopic (exact) mass is 278 g/mol. The Kier molecular flexibility index (Phi) is 3.31. The van der Waals surface area contributed by atoms with Gasteiger partial charge in [0.1, 0.15) is 5.71 Å². The smallest absolute Gasteiger partial charge is 0.266 e. The van der Waals surface area contributed by atoms with Crippen molar-refractivity contribution >= 4 is 17.3 Å². The van der Waals surface area contributed by atoms with E-state index in [1.54, 1.807) is 18.5 Å². The van der Waals surface area contributed by atoms with Crippen molar-refractivity contribution in [1.29, 1.82) is 10.8 Å². The number of hydrogen-bond acceptors (Lipinski definition) is 4. The summed E-state index contributed by atoms with van der Waals surface area (Å²) in [6.45, 7) is 0. The number of rotatable bonds is 3. The summed E-state index contributed by atoms with van der Waals surface area (Å²) in [5, 5.41) is 19.1. The van der Waals surface area contributed by atoms with E-state index < -0.39 is 17.9 Å². The van der Waals surface area contributed by atoms with Crippen LogP contribution in [0.2, 0.25) is 0 Å². The van der Waals surface area contributed by atoms with Gasteiger partial charge in [-0.1, -0.05) is 36.4 Å². The lowest BCUT2D eigenvalue weighted by molar-refractivity contribution is -0.114. The molecule has 104 valence electrons. The van der Waals surface area contributed by atoms with Crippen LogP contribution in [0, 0.1) is 16.7 Å². The summed E-state index contributed by atoms with van der Waals surface area (Å²) in [7, 11) is 0. The number of pyridine rings is 1. The van der Waals surface area contributed by atoms with Gasteiger partial charge in [-0.15, -0.1) is 0 Å². The third-order valence-corrected chi connectivity index (χ3v) is 3.61. The zero-order valence-corrected chi connectivity index (χ0v) is 11.2. The second-order valence-corrected chi connectivity index (χ2v) is 4.91. The van der Waals surface area contributed by atoms with Gasteiger partial charge in [0.15, 0.2) is 0 Å². The number of nitrogens with one attached hydrogen (secondary N) is 3. The van der Waals surface area contributed by atoms with Crippen molar-refractivity contribution in [2.24, 2.45) is 5.92 Å². The molecule has 1 aliphatic rings. The van der Waals surface area contributed by atoms with Gasteiger partial charge in [-0.05, 0) is 17.2 Å². The van der Waals surface area contributed by atoms with Crippen LogP contribution in [0.25, 0.3) is 0 Å². The van der Waals surface area contributed by atoms with E-state index in [-0.39, 0.29) is 11.4 Å². The Labute approximate surface area is 122 Å². The number of hydrogen-bond donors (Lipinski definition) is 3. The molecule has 0 saturated carbocycles. The molecule has 1 fully saturated rings. The third kappa shape index (κ3) is 2.33. The first-order valence-electron chi connectivity index (χ1n) is 6.61. The molecule has 3 rings (SSSR count). The van der Waals surface area contributed by atoms with Gasteiger partial charge in [0, 0.05) is 12.4 Å². The summed E-state index contributed by atoms with van der Waals surface area (Å²) in [5.74, 6) is -1.02. The van der Waals surface area contributed by atoms with Crippen LogP contribution in [-0.2, 0) is 4.79 Å². The van der Waals surface area contributed by atoms with Crippen LogP contribution in [0.5, 0.6) is 0 Å². The third-order valence-electron chi connectivity index (χ3n) is 3.61. The van der Waals surface area contributed by atoms with Crippen LogP contribution in [0.1, 0.15) is 17.2 Å². The summed E-state index contributed by atoms with van der Waals surface area (Å²) >= 11 is 0. The normalized spacial score (nSPS) is 21.1. The number of carbonyl (C=O) groups is 1. The highest BCUT2D eigenvalue weighted by Gasteiger charge is 2.41. The molecular weight excluding hydrogens is 264 g/mol. The van der Waals surface area contributed by atoms with Crippen LogP contribution in [0.3, 0.4) is 0 Å². The van der Waals surface area contributed by atoms with E-state index in [9.17, 15) is 4.79 Å². The molecule has 0 bridgehead atoms. The van der Waals surface area contributed by atoms with Crippen LogP contribution in [0.4, 0.5) is 0 Å². The molecule has 1 aromatic carbocycles. The van der Waals surface area contributed by atoms with E-state index in [1.807, 2.05) is 36.4 Å². The van der Waals surface area contributed by atoms with Crippen molar-refractivity contribution in [3.8, 4) is 0 Å². The minimum absolute atomic E-state index is 0.0716. The van der Waals surface area contributed by atoms with Crippen molar-refractivity contribution in [1.82, 2.24) is 10.3 Å². The van der Waals surface area contributed by atoms with E-state index in [0.717, 1.165) is 11.1 Å². The molecule has 2 atom stereocenters. The Balaban J connectivity index is 1.99. The molecule has 1 aliphatic heterocycles. The first-order chi connectivity index (χ1) is 10.2. The highest BCUT2D eigenvalue weighted by Crippen LogP contribution is 2.30. The van der Waals surface area contributed by atoms with E-state index >= 15 is 0 Å². The lowest BCUT2D eigenvalue weighted by Gasteiger charge is -2.19. The Morgan fingerprint density at radius 2 is 1.90 bits per heavy atom. The number of benzene rings is 1. The highest BCUT2D eigenvalue weighted by atomic mass is 16.2. The number of carbonyl (C=O) groups excluding carboxylic acids is 1. The molecule has 1 aromatic heterocycles. The summed E-state index contributed by atoms with van der Waals surface area (Å²) < 4.78 is 0. The predicted octanol–water partition coefficient (Wildman–Crippen LogP) is 1.96. The van der Waals surface area contributed by atoms with E-state index in [1.165, 1.54) is 0 Å². The maximum absolute atomic E-state index is 11.9. The van der Waals surface area contributed by atoms with Crippen molar-refractivity contribution in [2.75, 3.05) is 0 Å². The summed E-state index contributed by atoms with van der Waals surface area (Å²) in [5.41, 5.74) is 1.72. The minimum Gasteiger partial charge on any atom is -0.343 e. The van der Waals surface area contributed by atoms with Gasteiger partial charge in [0.2, 0.25) is 0 Å². The zero-order valence-electron chi connectivity index (χ0n) is 11.2. The topological polar surface area (TPSA) is 89.7 Å². The molecule has 0 aliphatic carbocycles. The maximum atomic E-state index is 11.9. The Morgan fingerprint density at radius 3 is 2.57 bits per heavy atom. The first kappa shape index (κ1) is 13.2. The van der Waals surface area contributed by atoms with Gasteiger partial charge in [-0.2, -0.15) is 0 Å². The van der Waals surface area contributed by atoms with Crippen molar-refractivity contribution in [3.05, 3.63) is 66.0 Å². The van der Waals surface area contributed by atoms with Crippen LogP contribution in [-0.4, -0.2) is 22.3 Å². The fourth-order valence-electron chi connectivity index (χ4n) is 2.55. The van der Waals surface area contributed by atoms with Crippen LogP contribution in [0.15, 0.2) is 54.9 Å². The fraction of sp³-hybridized carbons (Fsp3) is 0.125. The van der Waals surface area contributed by atoms with Gasteiger partial charge in [0.25, 0.3) is 5.91 Å². The SMILES string of the molecule is N=C1C(=O)NC(c2cccnc2)C1C(=N)c1ccccc1. The molecule has 2 unspecified atom stereocenters. The molecule has 5 heteroatoms. The second kappa shape index (κ2) is 5.28. The molecule has 21 heavy (non-hydrogen) atoms. The molecular formula is C16H14N4O. The molecule has 3 N–H and O–H groups in total. The Morgan fingerprint density at radius 1 is 1.14 bits per heavy atom. The van der Waals surface area contributed by atoms with Gasteiger partial charge < -0.3 is 10.7 Å². The minimum atomic E-state index is -0.593. The second-order valence-electron chi connectivity index (χ2n) is 4.91. The van der Waals surface area contributed by atoms with Crippen LogP contribution >= 0.6 is 0 Å². The van der Waals surface area contributed by atoms with Gasteiger partial charge in [-0.25, -0.2) is 0 Å². The van der Waals surface area contributed by atoms with E-state index in [4.69, 9.17) is 10.8 Å². The molecule has 2 aromatic rings. The quantitative estimate of drug-likeness (QED) is 0.749. The molecule has 1 amide bonds. The largest absolute Gasteiger partial charge is 0.343 e. The highest BCUT2D eigenvalue weighted by molar-refractivity contribution is 6.45. The average Bonchev–Trinajstić information content (AvgIpc) is 2.84. The molecule has 5 nitrogen and oxygen atoms in total. The van der Waals surface area contributed by atoms with Crippen molar-refractivity contribution in [2.45, 2.75) is 6.04 Å². The zero-order chi connectivity index (χ0) is 14.8. The standard InChI is InChI=1S/C16H14N4O/c17-13(10-5-2-1-3-6-10)12-14(18)16(21)20-15(12)11-7-4-8-19-9-11/h1-9,12,15,17-18H,(H,20,21). The maximum Gasteiger partial charge on any atom is 0.266 e. The lowest BCUT2D eigenvalue weighted by Crippen LogP contribution is -2.26. The Hall–Kier alpha value is -2.82. The van der Waals surface area contributed by atoms with Crippen molar-refractivity contribution in [3.63, 3.8) is 0 Å².